The Kier molecular flexibility index (Phi) is 6.11. The van der Waals surface area contributed by atoms with Crippen molar-refractivity contribution in [1.82, 2.24) is 9.80 Å². The van der Waals surface area contributed by atoms with Crippen LogP contribution in [0.1, 0.15) is 27.1 Å². The summed E-state index contributed by atoms with van der Waals surface area (Å²) in [6.45, 7) is 2.21. The summed E-state index contributed by atoms with van der Waals surface area (Å²) in [4.78, 5) is 29.1. The average Bonchev–Trinajstić information content (AvgIpc) is 2.63. The van der Waals surface area contributed by atoms with Crippen molar-refractivity contribution in [2.24, 2.45) is 0 Å². The zero-order chi connectivity index (χ0) is 18.7. The number of hydrogen-bond acceptors (Lipinski definition) is 6. The number of hydrogen-bond donors (Lipinski definition) is 2. The first-order valence-electron chi connectivity index (χ1n) is 8.61. The number of benzene rings is 2. The molecule has 0 fully saturated rings. The Morgan fingerprint density at radius 2 is 1.85 bits per heavy atom. The van der Waals surface area contributed by atoms with Gasteiger partial charge in [-0.15, -0.1) is 11.7 Å². The van der Waals surface area contributed by atoms with E-state index in [-0.39, 0.29) is 11.8 Å². The third kappa shape index (κ3) is 3.70. The fraction of sp³-hybridized carbons (Fsp3) is 0.368. The topological polar surface area (TPSA) is 52.7 Å². The molecular weight excluding hydrogens is 366 g/mol. The van der Waals surface area contributed by atoms with Crippen molar-refractivity contribution in [3.63, 3.8) is 0 Å². The van der Waals surface area contributed by atoms with Crippen LogP contribution in [0.4, 0.5) is 5.69 Å². The number of rotatable bonds is 8. The molecule has 138 valence electrons. The summed E-state index contributed by atoms with van der Waals surface area (Å²) in [6, 6.07) is 9.42. The number of carbonyl (C=O) groups is 2. The largest absolute Gasteiger partial charge is 0.384 e. The minimum atomic E-state index is -0.222. The van der Waals surface area contributed by atoms with Crippen LogP contribution < -0.4 is 5.32 Å². The van der Waals surface area contributed by atoms with Crippen LogP contribution in [0, 0.1) is 0 Å². The van der Waals surface area contributed by atoms with E-state index in [1.807, 2.05) is 24.3 Å². The highest BCUT2D eigenvalue weighted by Gasteiger charge is 2.32. The molecular formula is C19H23N3O2S2. The second-order valence-corrected chi connectivity index (χ2v) is 8.01. The number of anilines is 1. The maximum atomic E-state index is 12.8. The Morgan fingerprint density at radius 3 is 2.54 bits per heavy atom. The van der Waals surface area contributed by atoms with E-state index < -0.39 is 0 Å². The Hall–Kier alpha value is -1.70. The molecule has 0 bridgehead atoms. The molecule has 0 spiro atoms. The summed E-state index contributed by atoms with van der Waals surface area (Å²) in [5.74, 6) is 0.165. The Labute approximate surface area is 162 Å². The van der Waals surface area contributed by atoms with E-state index in [1.165, 1.54) is 15.7 Å². The molecule has 7 heteroatoms. The maximum Gasteiger partial charge on any atom is 0.261 e. The molecule has 2 amide bonds. The third-order valence-corrected chi connectivity index (χ3v) is 5.41. The van der Waals surface area contributed by atoms with Crippen LogP contribution in [0.5, 0.6) is 0 Å². The lowest BCUT2D eigenvalue weighted by Gasteiger charge is -2.27. The molecule has 0 saturated heterocycles. The van der Waals surface area contributed by atoms with Gasteiger partial charge >= 0.3 is 0 Å². The zero-order valence-electron chi connectivity index (χ0n) is 15.0. The van der Waals surface area contributed by atoms with Gasteiger partial charge in [-0.05, 0) is 45.3 Å². The Bertz CT molecular complexity index is 817. The first kappa shape index (κ1) is 19.1. The molecule has 26 heavy (non-hydrogen) atoms. The summed E-state index contributed by atoms with van der Waals surface area (Å²) in [6.07, 6.45) is 1.02. The van der Waals surface area contributed by atoms with Gasteiger partial charge in [0.1, 0.15) is 0 Å². The molecule has 0 unspecified atom stereocenters. The molecule has 3 rings (SSSR count). The van der Waals surface area contributed by atoms with Crippen molar-refractivity contribution in [2.75, 3.05) is 44.8 Å². The van der Waals surface area contributed by atoms with Crippen molar-refractivity contribution < 1.29 is 9.59 Å². The van der Waals surface area contributed by atoms with E-state index >= 15 is 0 Å². The van der Waals surface area contributed by atoms with Crippen LogP contribution in [0.15, 0.2) is 30.3 Å². The molecule has 1 heterocycles. The quantitative estimate of drug-likeness (QED) is 0.314. The third-order valence-electron chi connectivity index (χ3n) is 4.50. The molecule has 2 aromatic rings. The van der Waals surface area contributed by atoms with Gasteiger partial charge in [-0.3, -0.25) is 14.5 Å². The van der Waals surface area contributed by atoms with Crippen LogP contribution in [0.25, 0.3) is 10.8 Å². The van der Waals surface area contributed by atoms with E-state index in [0.29, 0.717) is 23.4 Å². The second kappa shape index (κ2) is 8.33. The van der Waals surface area contributed by atoms with Crippen molar-refractivity contribution in [3.05, 3.63) is 41.5 Å². The van der Waals surface area contributed by atoms with E-state index in [9.17, 15) is 9.59 Å². The van der Waals surface area contributed by atoms with E-state index in [1.54, 1.807) is 6.07 Å². The summed E-state index contributed by atoms with van der Waals surface area (Å²) in [5.41, 5.74) is 2.15. The molecule has 1 aliphatic heterocycles. The van der Waals surface area contributed by atoms with Crippen LogP contribution in [-0.4, -0.2) is 61.1 Å². The fourth-order valence-corrected chi connectivity index (χ4v) is 3.76. The lowest BCUT2D eigenvalue weighted by molar-refractivity contribution is 0.0621. The minimum Gasteiger partial charge on any atom is -0.384 e. The molecule has 0 aromatic heterocycles. The molecule has 0 aliphatic carbocycles. The average molecular weight is 390 g/mol. The molecule has 1 aliphatic rings. The molecule has 2 aromatic carbocycles. The molecule has 1 N–H and O–H groups in total. The monoisotopic (exact) mass is 389 g/mol. The normalized spacial score (nSPS) is 13.8. The number of imide groups is 1. The molecule has 0 radical (unpaired) electrons. The standard InChI is InChI=1S/C19H23N3O2S2/c1-21(2)10-4-9-20-16-8-7-15-17-13(16)5-3-6-14(17)18(23)22(19(15)24)11-12-26-25/h3,5-8,20,25H,4,9-12H2,1-2H3. The molecule has 0 saturated carbocycles. The number of thiol groups is 1. The number of nitrogens with zero attached hydrogens (tertiary/aromatic N) is 2. The summed E-state index contributed by atoms with van der Waals surface area (Å²) in [7, 11) is 5.43. The zero-order valence-corrected chi connectivity index (χ0v) is 16.7. The highest BCUT2D eigenvalue weighted by molar-refractivity contribution is 8.68. The van der Waals surface area contributed by atoms with Crippen molar-refractivity contribution >= 4 is 50.7 Å². The van der Waals surface area contributed by atoms with Gasteiger partial charge in [0.05, 0.1) is 0 Å². The summed E-state index contributed by atoms with van der Waals surface area (Å²) < 4.78 is 0. The molecule has 0 atom stereocenters. The van der Waals surface area contributed by atoms with Crippen molar-refractivity contribution in [1.29, 1.82) is 0 Å². The van der Waals surface area contributed by atoms with Crippen LogP contribution in [0.2, 0.25) is 0 Å². The predicted octanol–water partition coefficient (Wildman–Crippen LogP) is 3.38. The smallest absolute Gasteiger partial charge is 0.261 e. The van der Waals surface area contributed by atoms with Crippen LogP contribution >= 0.6 is 22.5 Å². The van der Waals surface area contributed by atoms with Gasteiger partial charge in [-0.1, -0.05) is 22.9 Å². The highest BCUT2D eigenvalue weighted by Crippen LogP contribution is 2.34. The first-order chi connectivity index (χ1) is 12.5. The van der Waals surface area contributed by atoms with Gasteiger partial charge in [0, 0.05) is 46.4 Å². The lowest BCUT2D eigenvalue weighted by Crippen LogP contribution is -2.41. The van der Waals surface area contributed by atoms with Crippen molar-refractivity contribution in [2.45, 2.75) is 6.42 Å². The number of carbonyl (C=O) groups excluding carboxylic acids is 2. The van der Waals surface area contributed by atoms with Gasteiger partial charge in [-0.25, -0.2) is 0 Å². The number of amides is 2. The highest BCUT2D eigenvalue weighted by atomic mass is 33.1. The van der Waals surface area contributed by atoms with Crippen LogP contribution in [0.3, 0.4) is 0 Å². The van der Waals surface area contributed by atoms with Gasteiger partial charge in [-0.2, -0.15) is 0 Å². The minimum absolute atomic E-state index is 0.222. The summed E-state index contributed by atoms with van der Waals surface area (Å²) >= 11 is 4.10. The second-order valence-electron chi connectivity index (χ2n) is 6.57. The van der Waals surface area contributed by atoms with Gasteiger partial charge in [0.25, 0.3) is 11.8 Å². The Morgan fingerprint density at radius 1 is 1.12 bits per heavy atom. The van der Waals surface area contributed by atoms with Gasteiger partial charge in [0.2, 0.25) is 0 Å². The Balaban J connectivity index is 1.94. The SMILES string of the molecule is CN(C)CCCNc1ccc2c3c(cccc13)C(=O)N(CCSS)C2=O. The number of nitrogens with one attached hydrogen (secondary N) is 1. The van der Waals surface area contributed by atoms with Crippen LogP contribution in [-0.2, 0) is 0 Å². The fourth-order valence-electron chi connectivity index (χ4n) is 3.25. The summed E-state index contributed by atoms with van der Waals surface area (Å²) in [5, 5.41) is 5.13. The lowest BCUT2D eigenvalue weighted by atomic mass is 9.93. The van der Waals surface area contributed by atoms with E-state index in [4.69, 9.17) is 0 Å². The molecule has 5 nitrogen and oxygen atoms in total. The van der Waals surface area contributed by atoms with E-state index in [0.717, 1.165) is 36.0 Å². The first-order valence-corrected chi connectivity index (χ1v) is 10.6. The van der Waals surface area contributed by atoms with E-state index in [2.05, 4.69) is 36.0 Å². The van der Waals surface area contributed by atoms with Crippen molar-refractivity contribution in [3.8, 4) is 0 Å². The maximum absolute atomic E-state index is 12.8. The van der Waals surface area contributed by atoms with Gasteiger partial charge in [0.15, 0.2) is 0 Å². The van der Waals surface area contributed by atoms with Gasteiger partial charge < -0.3 is 10.2 Å². The predicted molar refractivity (Wildman–Crippen MR) is 112 cm³/mol.